The van der Waals surface area contributed by atoms with Crippen LogP contribution in [0.5, 0.6) is 11.5 Å². The number of piperazine rings is 1. The van der Waals surface area contributed by atoms with E-state index in [9.17, 15) is 0 Å². The minimum Gasteiger partial charge on any atom is -0.493 e. The molecule has 4 nitrogen and oxygen atoms in total. The molecule has 0 amide bonds. The lowest BCUT2D eigenvalue weighted by atomic mass is 9.96. The normalized spacial score (nSPS) is 22.0. The van der Waals surface area contributed by atoms with Crippen molar-refractivity contribution in [1.29, 1.82) is 0 Å². The predicted octanol–water partition coefficient (Wildman–Crippen LogP) is 2.54. The van der Waals surface area contributed by atoms with Gasteiger partial charge < -0.3 is 14.8 Å². The fourth-order valence-corrected chi connectivity index (χ4v) is 2.75. The molecule has 1 N–H and O–H groups in total. The van der Waals surface area contributed by atoms with Crippen molar-refractivity contribution >= 4 is 0 Å². The standard InChI is InChI=1S/C17H28N2O2/c1-5-14-12-19(17(2,3)13-18-14)10-11-21-16-9-7-6-8-15(16)20-4/h6-9,14,18H,5,10-13H2,1-4H3. The van der Waals surface area contributed by atoms with Crippen LogP contribution in [-0.4, -0.2) is 49.8 Å². The number of nitrogens with one attached hydrogen (secondary N) is 1. The molecule has 0 bridgehead atoms. The zero-order valence-corrected chi connectivity index (χ0v) is 13.7. The summed E-state index contributed by atoms with van der Waals surface area (Å²) in [5.41, 5.74) is 0.176. The Morgan fingerprint density at radius 2 is 2.00 bits per heavy atom. The van der Waals surface area contributed by atoms with Gasteiger partial charge in [0.1, 0.15) is 6.61 Å². The average molecular weight is 292 g/mol. The van der Waals surface area contributed by atoms with Crippen molar-refractivity contribution in [3.05, 3.63) is 24.3 Å². The number of methoxy groups -OCH3 is 1. The van der Waals surface area contributed by atoms with Gasteiger partial charge in [0.05, 0.1) is 7.11 Å². The quantitative estimate of drug-likeness (QED) is 0.873. The van der Waals surface area contributed by atoms with E-state index in [-0.39, 0.29) is 5.54 Å². The van der Waals surface area contributed by atoms with Gasteiger partial charge in [-0.15, -0.1) is 0 Å². The first-order chi connectivity index (χ1) is 10.1. The second-order valence-electron chi connectivity index (χ2n) is 6.24. The van der Waals surface area contributed by atoms with Crippen LogP contribution in [0.15, 0.2) is 24.3 Å². The van der Waals surface area contributed by atoms with Gasteiger partial charge in [-0.1, -0.05) is 19.1 Å². The van der Waals surface area contributed by atoms with E-state index >= 15 is 0 Å². The maximum Gasteiger partial charge on any atom is 0.161 e. The zero-order chi connectivity index (χ0) is 15.3. The Morgan fingerprint density at radius 1 is 1.29 bits per heavy atom. The van der Waals surface area contributed by atoms with Crippen LogP contribution >= 0.6 is 0 Å². The largest absolute Gasteiger partial charge is 0.493 e. The second-order valence-corrected chi connectivity index (χ2v) is 6.24. The zero-order valence-electron chi connectivity index (χ0n) is 13.7. The molecule has 1 aliphatic heterocycles. The number of nitrogens with zero attached hydrogens (tertiary/aromatic N) is 1. The fourth-order valence-electron chi connectivity index (χ4n) is 2.75. The first-order valence-corrected chi connectivity index (χ1v) is 7.81. The Hall–Kier alpha value is -1.26. The maximum atomic E-state index is 5.91. The van der Waals surface area contributed by atoms with Gasteiger partial charge in [0, 0.05) is 31.2 Å². The summed E-state index contributed by atoms with van der Waals surface area (Å²) < 4.78 is 11.2. The van der Waals surface area contributed by atoms with Crippen molar-refractivity contribution < 1.29 is 9.47 Å². The SMILES string of the molecule is CCC1CN(CCOc2ccccc2OC)C(C)(C)CN1. The van der Waals surface area contributed by atoms with Crippen molar-refractivity contribution in [3.8, 4) is 11.5 Å². The minimum atomic E-state index is 0.176. The van der Waals surface area contributed by atoms with Crippen LogP contribution in [-0.2, 0) is 0 Å². The third-order valence-corrected chi connectivity index (χ3v) is 4.30. The summed E-state index contributed by atoms with van der Waals surface area (Å²) in [6, 6.07) is 8.40. The van der Waals surface area contributed by atoms with Crippen LogP contribution in [0.25, 0.3) is 0 Å². The topological polar surface area (TPSA) is 33.7 Å². The number of hydrogen-bond acceptors (Lipinski definition) is 4. The van der Waals surface area contributed by atoms with E-state index in [1.54, 1.807) is 7.11 Å². The molecule has 0 saturated carbocycles. The molecule has 1 aromatic carbocycles. The van der Waals surface area contributed by atoms with Gasteiger partial charge >= 0.3 is 0 Å². The molecule has 4 heteroatoms. The lowest BCUT2D eigenvalue weighted by Crippen LogP contribution is -2.62. The molecular weight excluding hydrogens is 264 g/mol. The molecule has 1 unspecified atom stereocenters. The summed E-state index contributed by atoms with van der Waals surface area (Å²) in [6.07, 6.45) is 1.17. The van der Waals surface area contributed by atoms with Gasteiger partial charge in [0.15, 0.2) is 11.5 Å². The molecule has 0 aromatic heterocycles. The Bertz CT molecular complexity index is 448. The molecule has 1 fully saturated rings. The van der Waals surface area contributed by atoms with Gasteiger partial charge in [0.25, 0.3) is 0 Å². The number of hydrogen-bond donors (Lipinski definition) is 1. The molecule has 2 rings (SSSR count). The lowest BCUT2D eigenvalue weighted by molar-refractivity contribution is 0.0518. The van der Waals surface area contributed by atoms with Gasteiger partial charge in [-0.25, -0.2) is 0 Å². The van der Waals surface area contributed by atoms with Crippen LogP contribution in [0.4, 0.5) is 0 Å². The highest BCUT2D eigenvalue weighted by Crippen LogP contribution is 2.26. The Kier molecular flexibility index (Phi) is 5.48. The van der Waals surface area contributed by atoms with Gasteiger partial charge in [-0.05, 0) is 32.4 Å². The monoisotopic (exact) mass is 292 g/mol. The first kappa shape index (κ1) is 16.1. The Balaban J connectivity index is 1.89. The summed E-state index contributed by atoms with van der Waals surface area (Å²) >= 11 is 0. The van der Waals surface area contributed by atoms with Crippen LogP contribution < -0.4 is 14.8 Å². The summed E-state index contributed by atoms with van der Waals surface area (Å²) in [7, 11) is 1.67. The smallest absolute Gasteiger partial charge is 0.161 e. The van der Waals surface area contributed by atoms with Crippen molar-refractivity contribution in [1.82, 2.24) is 10.2 Å². The number of ether oxygens (including phenoxy) is 2. The van der Waals surface area contributed by atoms with E-state index < -0.39 is 0 Å². The minimum absolute atomic E-state index is 0.176. The molecule has 0 aliphatic carbocycles. The van der Waals surface area contributed by atoms with E-state index in [2.05, 4.69) is 31.0 Å². The average Bonchev–Trinajstić information content (AvgIpc) is 2.49. The van der Waals surface area contributed by atoms with Crippen LogP contribution in [0.2, 0.25) is 0 Å². The summed E-state index contributed by atoms with van der Waals surface area (Å²) in [4.78, 5) is 2.52. The van der Waals surface area contributed by atoms with Crippen LogP contribution in [0.1, 0.15) is 27.2 Å². The first-order valence-electron chi connectivity index (χ1n) is 7.81. The highest BCUT2D eigenvalue weighted by Gasteiger charge is 2.32. The second kappa shape index (κ2) is 7.14. The highest BCUT2D eigenvalue weighted by atomic mass is 16.5. The lowest BCUT2D eigenvalue weighted by Gasteiger charge is -2.46. The third-order valence-electron chi connectivity index (χ3n) is 4.30. The van der Waals surface area contributed by atoms with E-state index in [1.807, 2.05) is 24.3 Å². The van der Waals surface area contributed by atoms with Gasteiger partial charge in [0.2, 0.25) is 0 Å². The van der Waals surface area contributed by atoms with E-state index in [0.29, 0.717) is 12.6 Å². The van der Waals surface area contributed by atoms with Gasteiger partial charge in [-0.2, -0.15) is 0 Å². The molecule has 1 heterocycles. The van der Waals surface area contributed by atoms with Crippen molar-refractivity contribution in [2.45, 2.75) is 38.8 Å². The molecule has 1 aromatic rings. The molecule has 21 heavy (non-hydrogen) atoms. The van der Waals surface area contributed by atoms with E-state index in [4.69, 9.17) is 9.47 Å². The highest BCUT2D eigenvalue weighted by molar-refractivity contribution is 5.39. The summed E-state index contributed by atoms with van der Waals surface area (Å²) in [5.74, 6) is 1.61. The van der Waals surface area contributed by atoms with Crippen molar-refractivity contribution in [2.24, 2.45) is 0 Å². The molecule has 1 saturated heterocycles. The Morgan fingerprint density at radius 3 is 2.67 bits per heavy atom. The van der Waals surface area contributed by atoms with Gasteiger partial charge in [-0.3, -0.25) is 4.90 Å². The molecule has 118 valence electrons. The number of benzene rings is 1. The fraction of sp³-hybridized carbons (Fsp3) is 0.647. The molecule has 0 spiro atoms. The van der Waals surface area contributed by atoms with E-state index in [1.165, 1.54) is 6.42 Å². The van der Waals surface area contributed by atoms with Crippen molar-refractivity contribution in [2.75, 3.05) is 33.4 Å². The van der Waals surface area contributed by atoms with Crippen molar-refractivity contribution in [3.63, 3.8) is 0 Å². The predicted molar refractivity (Wildman–Crippen MR) is 86.2 cm³/mol. The van der Waals surface area contributed by atoms with Crippen LogP contribution in [0.3, 0.4) is 0 Å². The third kappa shape index (κ3) is 4.11. The molecular formula is C17H28N2O2. The molecule has 0 radical (unpaired) electrons. The molecule has 1 atom stereocenters. The summed E-state index contributed by atoms with van der Waals surface area (Å²) in [5, 5.41) is 3.61. The maximum absolute atomic E-state index is 5.91. The Labute approximate surface area is 128 Å². The summed E-state index contributed by atoms with van der Waals surface area (Å²) in [6.45, 7) is 10.5. The number of para-hydroxylation sites is 2. The molecule has 1 aliphatic rings. The van der Waals surface area contributed by atoms with E-state index in [0.717, 1.165) is 31.1 Å². The number of rotatable bonds is 6. The van der Waals surface area contributed by atoms with Crippen LogP contribution in [0, 0.1) is 0 Å².